The number of hydrogen-bond acceptors (Lipinski definition) is 5. The zero-order valence-corrected chi connectivity index (χ0v) is 9.47. The predicted octanol–water partition coefficient (Wildman–Crippen LogP) is 1.27. The first-order chi connectivity index (χ1) is 8.11. The summed E-state index contributed by atoms with van der Waals surface area (Å²) in [6.07, 6.45) is 0. The Bertz CT molecular complexity index is 441. The van der Waals surface area contributed by atoms with E-state index in [0.717, 1.165) is 0 Å². The van der Waals surface area contributed by atoms with Gasteiger partial charge < -0.3 is 15.2 Å². The first-order valence-corrected chi connectivity index (χ1v) is 5.39. The van der Waals surface area contributed by atoms with E-state index in [9.17, 15) is 15.2 Å². The van der Waals surface area contributed by atoms with E-state index in [0.29, 0.717) is 30.9 Å². The molecule has 2 rings (SSSR count). The van der Waals surface area contributed by atoms with Gasteiger partial charge in [-0.1, -0.05) is 0 Å². The summed E-state index contributed by atoms with van der Waals surface area (Å²) in [4.78, 5) is 10.5. The number of phenols is 1. The highest BCUT2D eigenvalue weighted by molar-refractivity contribution is 5.54. The van der Waals surface area contributed by atoms with Gasteiger partial charge in [0.05, 0.1) is 29.7 Å². The molecule has 0 aromatic heterocycles. The van der Waals surface area contributed by atoms with Gasteiger partial charge in [0.15, 0.2) is 0 Å². The summed E-state index contributed by atoms with van der Waals surface area (Å²) in [5.74, 6) is -0.0257. The Labute approximate surface area is 98.4 Å². The SMILES string of the molecule is Cc1ccc([N+](=O)[O-])c([C@@H]2COCCN2)c1O. The summed E-state index contributed by atoms with van der Waals surface area (Å²) in [6, 6.07) is 2.63. The largest absolute Gasteiger partial charge is 0.507 e. The Kier molecular flexibility index (Phi) is 3.26. The van der Waals surface area contributed by atoms with E-state index in [1.807, 2.05) is 0 Å². The second-order valence-corrected chi connectivity index (χ2v) is 4.00. The number of hydrogen-bond donors (Lipinski definition) is 2. The van der Waals surface area contributed by atoms with Crippen molar-refractivity contribution in [3.05, 3.63) is 33.4 Å². The molecule has 0 spiro atoms. The lowest BCUT2D eigenvalue weighted by Gasteiger charge is -2.24. The Morgan fingerprint density at radius 2 is 2.35 bits per heavy atom. The second kappa shape index (κ2) is 4.68. The summed E-state index contributed by atoms with van der Waals surface area (Å²) < 4.78 is 5.27. The van der Waals surface area contributed by atoms with Crippen molar-refractivity contribution in [3.8, 4) is 5.75 Å². The molecule has 1 fully saturated rings. The lowest BCUT2D eigenvalue weighted by molar-refractivity contribution is -0.386. The third-order valence-corrected chi connectivity index (χ3v) is 2.86. The molecule has 0 aliphatic carbocycles. The Morgan fingerprint density at radius 3 is 2.94 bits per heavy atom. The van der Waals surface area contributed by atoms with Crippen LogP contribution < -0.4 is 5.32 Å². The van der Waals surface area contributed by atoms with E-state index in [4.69, 9.17) is 4.74 Å². The van der Waals surface area contributed by atoms with Gasteiger partial charge in [-0.05, 0) is 18.6 Å². The summed E-state index contributed by atoms with van der Waals surface area (Å²) >= 11 is 0. The van der Waals surface area contributed by atoms with Crippen LogP contribution in [0.1, 0.15) is 17.2 Å². The second-order valence-electron chi connectivity index (χ2n) is 4.00. The summed E-state index contributed by atoms with van der Waals surface area (Å²) in [5.41, 5.74) is 0.865. The molecule has 6 nitrogen and oxygen atoms in total. The van der Waals surface area contributed by atoms with Crippen LogP contribution in [0.2, 0.25) is 0 Å². The summed E-state index contributed by atoms with van der Waals surface area (Å²) in [5, 5.41) is 24.0. The normalized spacial score (nSPS) is 20.2. The van der Waals surface area contributed by atoms with E-state index in [1.165, 1.54) is 6.07 Å². The molecule has 0 amide bonds. The van der Waals surface area contributed by atoms with Crippen LogP contribution in [-0.4, -0.2) is 29.8 Å². The molecule has 1 aliphatic heterocycles. The van der Waals surface area contributed by atoms with Crippen molar-refractivity contribution >= 4 is 5.69 Å². The van der Waals surface area contributed by atoms with Crippen molar-refractivity contribution in [2.24, 2.45) is 0 Å². The zero-order valence-electron chi connectivity index (χ0n) is 9.47. The van der Waals surface area contributed by atoms with E-state index >= 15 is 0 Å². The topological polar surface area (TPSA) is 84.6 Å². The number of nitro groups is 1. The standard InChI is InChI=1S/C11H14N2O4/c1-7-2-3-9(13(15)16)10(11(7)14)8-6-17-5-4-12-8/h2-3,8,12,14H,4-6H2,1H3/t8-/m0/s1. The molecule has 1 saturated heterocycles. The molecule has 1 atom stereocenters. The van der Waals surface area contributed by atoms with Crippen LogP contribution in [0.3, 0.4) is 0 Å². The van der Waals surface area contributed by atoms with Crippen molar-refractivity contribution in [1.82, 2.24) is 5.32 Å². The average molecular weight is 238 g/mol. The van der Waals surface area contributed by atoms with E-state index in [1.54, 1.807) is 13.0 Å². The minimum atomic E-state index is -0.481. The van der Waals surface area contributed by atoms with Crippen molar-refractivity contribution in [2.75, 3.05) is 19.8 Å². The molecular weight excluding hydrogens is 224 g/mol. The van der Waals surface area contributed by atoms with E-state index in [-0.39, 0.29) is 17.5 Å². The fourth-order valence-electron chi connectivity index (χ4n) is 1.96. The quantitative estimate of drug-likeness (QED) is 0.598. The maximum absolute atomic E-state index is 11.0. The van der Waals surface area contributed by atoms with Crippen LogP contribution in [0.5, 0.6) is 5.75 Å². The van der Waals surface area contributed by atoms with Crippen molar-refractivity contribution in [1.29, 1.82) is 0 Å². The number of morpholine rings is 1. The number of aromatic hydroxyl groups is 1. The van der Waals surface area contributed by atoms with Gasteiger partial charge in [0.25, 0.3) is 5.69 Å². The van der Waals surface area contributed by atoms with Gasteiger partial charge in [0.1, 0.15) is 5.75 Å². The number of nitrogens with one attached hydrogen (secondary N) is 1. The average Bonchev–Trinajstić information content (AvgIpc) is 2.33. The van der Waals surface area contributed by atoms with Crippen LogP contribution in [0, 0.1) is 17.0 Å². The highest BCUT2D eigenvalue weighted by Gasteiger charge is 2.28. The first kappa shape index (κ1) is 11.8. The van der Waals surface area contributed by atoms with Gasteiger partial charge in [-0.15, -0.1) is 0 Å². The third kappa shape index (κ3) is 2.22. The van der Waals surface area contributed by atoms with Gasteiger partial charge in [0, 0.05) is 12.6 Å². The maximum atomic E-state index is 11.0. The maximum Gasteiger partial charge on any atom is 0.278 e. The van der Waals surface area contributed by atoms with Crippen LogP contribution in [0.15, 0.2) is 12.1 Å². The fraction of sp³-hybridized carbons (Fsp3) is 0.455. The number of aryl methyl sites for hydroxylation is 1. The molecule has 0 saturated carbocycles. The Hall–Kier alpha value is -1.66. The number of nitro benzene ring substituents is 1. The van der Waals surface area contributed by atoms with Crippen LogP contribution >= 0.6 is 0 Å². The minimum Gasteiger partial charge on any atom is -0.507 e. The molecule has 1 aliphatic rings. The molecule has 1 heterocycles. The lowest BCUT2D eigenvalue weighted by Crippen LogP contribution is -2.35. The van der Waals surface area contributed by atoms with Crippen LogP contribution in [0.25, 0.3) is 0 Å². The molecule has 1 aromatic carbocycles. The van der Waals surface area contributed by atoms with Gasteiger partial charge in [-0.25, -0.2) is 0 Å². The first-order valence-electron chi connectivity index (χ1n) is 5.39. The van der Waals surface area contributed by atoms with Gasteiger partial charge in [0.2, 0.25) is 0 Å². The molecule has 6 heteroatoms. The fourth-order valence-corrected chi connectivity index (χ4v) is 1.96. The number of nitrogens with zero attached hydrogens (tertiary/aromatic N) is 1. The molecule has 2 N–H and O–H groups in total. The number of phenolic OH excluding ortho intramolecular Hbond substituents is 1. The molecule has 0 unspecified atom stereocenters. The van der Waals surface area contributed by atoms with Crippen molar-refractivity contribution in [2.45, 2.75) is 13.0 Å². The third-order valence-electron chi connectivity index (χ3n) is 2.86. The highest BCUT2D eigenvalue weighted by atomic mass is 16.6. The summed E-state index contributed by atoms with van der Waals surface area (Å²) in [6.45, 7) is 3.25. The molecule has 92 valence electrons. The molecular formula is C11H14N2O4. The van der Waals surface area contributed by atoms with Crippen molar-refractivity contribution < 1.29 is 14.8 Å². The van der Waals surface area contributed by atoms with Crippen LogP contribution in [0.4, 0.5) is 5.69 Å². The molecule has 0 bridgehead atoms. The van der Waals surface area contributed by atoms with Gasteiger partial charge in [-0.3, -0.25) is 10.1 Å². The number of rotatable bonds is 2. The van der Waals surface area contributed by atoms with Crippen molar-refractivity contribution in [3.63, 3.8) is 0 Å². The highest BCUT2D eigenvalue weighted by Crippen LogP contribution is 2.36. The van der Waals surface area contributed by atoms with E-state index in [2.05, 4.69) is 5.32 Å². The monoisotopic (exact) mass is 238 g/mol. The minimum absolute atomic E-state index is 0.0257. The molecule has 17 heavy (non-hydrogen) atoms. The smallest absolute Gasteiger partial charge is 0.278 e. The Balaban J connectivity index is 2.48. The molecule has 0 radical (unpaired) electrons. The predicted molar refractivity (Wildman–Crippen MR) is 61.1 cm³/mol. The lowest BCUT2D eigenvalue weighted by atomic mass is 10.00. The summed E-state index contributed by atoms with van der Waals surface area (Å²) in [7, 11) is 0. The number of benzene rings is 1. The number of ether oxygens (including phenoxy) is 1. The van der Waals surface area contributed by atoms with Gasteiger partial charge in [-0.2, -0.15) is 0 Å². The van der Waals surface area contributed by atoms with Crippen LogP contribution in [-0.2, 0) is 4.74 Å². The van der Waals surface area contributed by atoms with E-state index < -0.39 is 4.92 Å². The molecule has 1 aromatic rings. The Morgan fingerprint density at radius 1 is 1.59 bits per heavy atom. The van der Waals surface area contributed by atoms with Gasteiger partial charge >= 0.3 is 0 Å². The zero-order chi connectivity index (χ0) is 12.4.